The number of fused-ring (bicyclic) bond motifs is 1. The van der Waals surface area contributed by atoms with E-state index in [2.05, 4.69) is 15.7 Å². The SMILES string of the molecule is COc1ccc([C@H]2C3=C(CCCC3=O)Nc3c(C(=O)Nc4cccc(C)c4)cnn32)cc1. The molecule has 7 heteroatoms. The number of rotatable bonds is 4. The molecule has 7 nitrogen and oxygen atoms in total. The number of carbonyl (C=O) groups is 2. The Morgan fingerprint density at radius 1 is 1.19 bits per heavy atom. The van der Waals surface area contributed by atoms with Crippen LogP contribution in [0.25, 0.3) is 0 Å². The van der Waals surface area contributed by atoms with Gasteiger partial charge in [-0.25, -0.2) is 4.68 Å². The number of hydrogen-bond acceptors (Lipinski definition) is 5. The number of benzene rings is 2. The number of aryl methyl sites for hydroxylation is 1. The number of nitrogens with zero attached hydrogens (tertiary/aromatic N) is 2. The van der Waals surface area contributed by atoms with Crippen LogP contribution >= 0.6 is 0 Å². The molecule has 1 amide bonds. The zero-order valence-corrected chi connectivity index (χ0v) is 18.0. The molecule has 0 spiro atoms. The third-order valence-electron chi connectivity index (χ3n) is 5.99. The van der Waals surface area contributed by atoms with E-state index in [4.69, 9.17) is 4.74 Å². The maximum atomic E-state index is 13.1. The number of nitrogens with one attached hydrogen (secondary N) is 2. The van der Waals surface area contributed by atoms with E-state index in [1.807, 2.05) is 55.5 Å². The molecule has 0 radical (unpaired) electrons. The van der Waals surface area contributed by atoms with Crippen molar-refractivity contribution in [3.05, 3.63) is 82.7 Å². The predicted molar refractivity (Wildman–Crippen MR) is 122 cm³/mol. The molecule has 1 aromatic heterocycles. The molecule has 32 heavy (non-hydrogen) atoms. The van der Waals surface area contributed by atoms with Gasteiger partial charge in [0.2, 0.25) is 0 Å². The second-order valence-electron chi connectivity index (χ2n) is 8.14. The van der Waals surface area contributed by atoms with Gasteiger partial charge in [0.05, 0.1) is 13.3 Å². The van der Waals surface area contributed by atoms with Gasteiger partial charge in [-0.2, -0.15) is 5.10 Å². The molecule has 2 aliphatic rings. The van der Waals surface area contributed by atoms with Crippen LogP contribution in [0.15, 0.2) is 66.0 Å². The van der Waals surface area contributed by atoms with Gasteiger partial charge in [-0.1, -0.05) is 24.3 Å². The largest absolute Gasteiger partial charge is 0.497 e. The lowest BCUT2D eigenvalue weighted by Gasteiger charge is -2.33. The van der Waals surface area contributed by atoms with E-state index >= 15 is 0 Å². The summed E-state index contributed by atoms with van der Waals surface area (Å²) in [5.41, 5.74) is 4.75. The third kappa shape index (κ3) is 3.45. The Bertz CT molecular complexity index is 1240. The number of ether oxygens (including phenoxy) is 1. The molecule has 0 bridgehead atoms. The number of methoxy groups -OCH3 is 1. The van der Waals surface area contributed by atoms with Crippen molar-refractivity contribution >= 4 is 23.2 Å². The van der Waals surface area contributed by atoms with E-state index < -0.39 is 0 Å². The van der Waals surface area contributed by atoms with Crippen LogP contribution < -0.4 is 15.4 Å². The minimum absolute atomic E-state index is 0.117. The normalized spacial score (nSPS) is 17.3. The monoisotopic (exact) mass is 428 g/mol. The summed E-state index contributed by atoms with van der Waals surface area (Å²) in [5, 5.41) is 10.8. The molecule has 1 aliphatic carbocycles. The van der Waals surface area contributed by atoms with Gasteiger partial charge in [0.15, 0.2) is 5.78 Å². The summed E-state index contributed by atoms with van der Waals surface area (Å²) in [6.07, 6.45) is 3.63. The molecule has 0 saturated heterocycles. The zero-order chi connectivity index (χ0) is 22.2. The van der Waals surface area contributed by atoms with Crippen molar-refractivity contribution < 1.29 is 14.3 Å². The summed E-state index contributed by atoms with van der Waals surface area (Å²) in [5.74, 6) is 1.21. The topological polar surface area (TPSA) is 85.2 Å². The first kappa shape index (κ1) is 20.1. The average molecular weight is 428 g/mol. The number of carbonyl (C=O) groups excluding carboxylic acids is 2. The molecule has 0 unspecified atom stereocenters. The Morgan fingerprint density at radius 2 is 2.00 bits per heavy atom. The molecule has 1 aliphatic heterocycles. The lowest BCUT2D eigenvalue weighted by molar-refractivity contribution is -0.116. The van der Waals surface area contributed by atoms with Crippen LogP contribution in [-0.4, -0.2) is 28.6 Å². The smallest absolute Gasteiger partial charge is 0.261 e. The second-order valence-corrected chi connectivity index (χ2v) is 8.14. The van der Waals surface area contributed by atoms with Gasteiger partial charge < -0.3 is 15.4 Å². The minimum atomic E-state index is -0.388. The highest BCUT2D eigenvalue weighted by Gasteiger charge is 2.37. The molecule has 0 saturated carbocycles. The van der Waals surface area contributed by atoms with Crippen molar-refractivity contribution in [2.75, 3.05) is 17.7 Å². The Labute approximate surface area is 186 Å². The molecule has 0 fully saturated rings. The minimum Gasteiger partial charge on any atom is -0.497 e. The quantitative estimate of drug-likeness (QED) is 0.640. The van der Waals surface area contributed by atoms with E-state index in [1.54, 1.807) is 18.0 Å². The van der Waals surface area contributed by atoms with Crippen LogP contribution in [0.1, 0.15) is 46.8 Å². The number of Topliss-reactive ketones (excluding diaryl/α,β-unsaturated/α-hetero) is 1. The number of amides is 1. The van der Waals surface area contributed by atoms with Gasteiger partial charge in [0, 0.05) is 23.4 Å². The van der Waals surface area contributed by atoms with Crippen LogP contribution in [0.2, 0.25) is 0 Å². The Morgan fingerprint density at radius 3 is 2.75 bits per heavy atom. The fraction of sp³-hybridized carbons (Fsp3) is 0.240. The number of ketones is 1. The first-order valence-corrected chi connectivity index (χ1v) is 10.7. The average Bonchev–Trinajstić information content (AvgIpc) is 3.22. The molecular weight excluding hydrogens is 404 g/mol. The van der Waals surface area contributed by atoms with Crippen LogP contribution in [-0.2, 0) is 4.79 Å². The van der Waals surface area contributed by atoms with Gasteiger partial charge in [-0.05, 0) is 55.2 Å². The van der Waals surface area contributed by atoms with Crippen molar-refractivity contribution in [1.82, 2.24) is 9.78 Å². The fourth-order valence-corrected chi connectivity index (χ4v) is 4.44. The van der Waals surface area contributed by atoms with E-state index in [9.17, 15) is 9.59 Å². The summed E-state index contributed by atoms with van der Waals surface area (Å²) in [6.45, 7) is 1.98. The molecule has 2 heterocycles. The molecule has 3 aromatic rings. The summed E-state index contributed by atoms with van der Waals surface area (Å²) >= 11 is 0. The second kappa shape index (κ2) is 8.00. The fourth-order valence-electron chi connectivity index (χ4n) is 4.44. The van der Waals surface area contributed by atoms with E-state index in [0.717, 1.165) is 46.7 Å². The van der Waals surface area contributed by atoms with E-state index in [1.165, 1.54) is 0 Å². The van der Waals surface area contributed by atoms with Gasteiger partial charge in [-0.3, -0.25) is 9.59 Å². The van der Waals surface area contributed by atoms with Crippen LogP contribution in [0, 0.1) is 6.92 Å². The van der Waals surface area contributed by atoms with Gasteiger partial charge in [0.25, 0.3) is 5.91 Å². The molecule has 2 aromatic carbocycles. The van der Waals surface area contributed by atoms with Crippen molar-refractivity contribution in [3.63, 3.8) is 0 Å². The maximum absolute atomic E-state index is 13.1. The number of hydrogen-bond donors (Lipinski definition) is 2. The molecular formula is C25H24N4O3. The standard InChI is InChI=1S/C25H24N4O3/c1-15-5-3-6-17(13-15)27-25(31)19-14-26-29-23(16-9-11-18(32-2)12-10-16)22-20(28-24(19)29)7-4-8-21(22)30/h3,5-6,9-14,23,28H,4,7-8H2,1-2H3,(H,27,31)/t23-/m0/s1. The van der Waals surface area contributed by atoms with Crippen LogP contribution in [0.3, 0.4) is 0 Å². The van der Waals surface area contributed by atoms with Crippen molar-refractivity contribution in [2.45, 2.75) is 32.2 Å². The summed E-state index contributed by atoms with van der Waals surface area (Å²) < 4.78 is 7.03. The highest BCUT2D eigenvalue weighted by molar-refractivity contribution is 6.08. The van der Waals surface area contributed by atoms with Gasteiger partial charge in [0.1, 0.15) is 23.2 Å². The first-order chi connectivity index (χ1) is 15.5. The molecule has 2 N–H and O–H groups in total. The number of allylic oxidation sites excluding steroid dienone is 2. The van der Waals surface area contributed by atoms with Gasteiger partial charge in [-0.15, -0.1) is 0 Å². The zero-order valence-electron chi connectivity index (χ0n) is 18.0. The third-order valence-corrected chi connectivity index (χ3v) is 5.99. The molecule has 5 rings (SSSR count). The first-order valence-electron chi connectivity index (χ1n) is 10.7. The van der Waals surface area contributed by atoms with Crippen LogP contribution in [0.5, 0.6) is 5.75 Å². The Balaban J connectivity index is 1.56. The number of anilines is 2. The highest BCUT2D eigenvalue weighted by Crippen LogP contribution is 2.41. The predicted octanol–water partition coefficient (Wildman–Crippen LogP) is 4.47. The van der Waals surface area contributed by atoms with E-state index in [0.29, 0.717) is 17.8 Å². The summed E-state index contributed by atoms with van der Waals surface area (Å²) in [4.78, 5) is 26.0. The number of aromatic nitrogens is 2. The van der Waals surface area contributed by atoms with Crippen molar-refractivity contribution in [3.8, 4) is 5.75 Å². The highest BCUT2D eigenvalue weighted by atomic mass is 16.5. The molecule has 1 atom stereocenters. The Kier molecular flexibility index (Phi) is 5.01. The lowest BCUT2D eigenvalue weighted by Crippen LogP contribution is -2.32. The van der Waals surface area contributed by atoms with E-state index in [-0.39, 0.29) is 17.7 Å². The van der Waals surface area contributed by atoms with Gasteiger partial charge >= 0.3 is 0 Å². The van der Waals surface area contributed by atoms with Crippen LogP contribution in [0.4, 0.5) is 11.5 Å². The van der Waals surface area contributed by atoms with Crippen molar-refractivity contribution in [2.24, 2.45) is 0 Å². The lowest BCUT2D eigenvalue weighted by atomic mass is 9.85. The van der Waals surface area contributed by atoms with Crippen molar-refractivity contribution in [1.29, 1.82) is 0 Å². The Hall–Kier alpha value is -3.87. The maximum Gasteiger partial charge on any atom is 0.261 e. The summed E-state index contributed by atoms with van der Waals surface area (Å²) in [7, 11) is 1.62. The molecule has 162 valence electrons. The summed E-state index contributed by atoms with van der Waals surface area (Å²) in [6, 6.07) is 14.9.